The summed E-state index contributed by atoms with van der Waals surface area (Å²) in [5.74, 6) is 0.854. The fourth-order valence-electron chi connectivity index (χ4n) is 0.968. The summed E-state index contributed by atoms with van der Waals surface area (Å²) >= 11 is 1.62. The summed E-state index contributed by atoms with van der Waals surface area (Å²) in [5, 5.41) is 4.21. The average molecular weight is 237 g/mol. The van der Waals surface area contributed by atoms with Gasteiger partial charge in [0.15, 0.2) is 5.16 Å². The predicted octanol–water partition coefficient (Wildman–Crippen LogP) is 2.51. The summed E-state index contributed by atoms with van der Waals surface area (Å²) in [4.78, 5) is 8.30. The summed E-state index contributed by atoms with van der Waals surface area (Å²) < 4.78 is 0. The van der Waals surface area contributed by atoms with Crippen molar-refractivity contribution in [2.75, 3.05) is 12.3 Å². The van der Waals surface area contributed by atoms with Crippen LogP contribution in [0.25, 0.3) is 0 Å². The van der Waals surface area contributed by atoms with Crippen molar-refractivity contribution >= 4 is 11.8 Å². The highest BCUT2D eigenvalue weighted by Crippen LogP contribution is 2.14. The molecule has 0 saturated heterocycles. The maximum absolute atomic E-state index is 4.15. The van der Waals surface area contributed by atoms with Crippen LogP contribution in [0.4, 0.5) is 0 Å². The number of hydrogen-bond acceptors (Lipinski definition) is 4. The van der Waals surface area contributed by atoms with Gasteiger partial charge in [-0.05, 0) is 26.8 Å². The van der Waals surface area contributed by atoms with Crippen molar-refractivity contribution in [1.29, 1.82) is 0 Å². The molecule has 1 rings (SSSR count). The normalized spacial score (nSPS) is 11.4. The lowest BCUT2D eigenvalue weighted by Crippen LogP contribution is -2.37. The predicted molar refractivity (Wildman–Crippen MR) is 69.7 cm³/mol. The molecule has 0 atom stereocenters. The Bertz CT molecular complexity index is 330. The van der Waals surface area contributed by atoms with E-state index in [1.54, 1.807) is 24.2 Å². The molecule has 0 unspecified atom stereocenters. The summed E-state index contributed by atoms with van der Waals surface area (Å²) in [5.41, 5.74) is 1.30. The van der Waals surface area contributed by atoms with Crippen LogP contribution < -0.4 is 5.32 Å². The number of rotatable bonds is 5. The first kappa shape index (κ1) is 13.2. The van der Waals surface area contributed by atoms with Crippen molar-refractivity contribution in [3.05, 3.63) is 30.6 Å². The smallest absolute Gasteiger partial charge is 0.187 e. The highest BCUT2D eigenvalue weighted by molar-refractivity contribution is 7.99. The third-order valence-corrected chi connectivity index (χ3v) is 2.84. The molecule has 1 aromatic rings. The van der Waals surface area contributed by atoms with E-state index in [0.29, 0.717) is 0 Å². The van der Waals surface area contributed by atoms with Gasteiger partial charge in [-0.3, -0.25) is 0 Å². The molecule has 0 saturated carbocycles. The van der Waals surface area contributed by atoms with Gasteiger partial charge in [0, 0.05) is 30.2 Å². The average Bonchev–Trinajstić information content (AvgIpc) is 2.24. The van der Waals surface area contributed by atoms with Crippen molar-refractivity contribution in [2.45, 2.75) is 31.5 Å². The van der Waals surface area contributed by atoms with Gasteiger partial charge in [0.05, 0.1) is 0 Å². The Morgan fingerprint density at radius 3 is 2.56 bits per heavy atom. The highest BCUT2D eigenvalue weighted by Gasteiger charge is 2.08. The van der Waals surface area contributed by atoms with Gasteiger partial charge >= 0.3 is 0 Å². The summed E-state index contributed by atoms with van der Waals surface area (Å²) in [6.07, 6.45) is 3.51. The van der Waals surface area contributed by atoms with Crippen LogP contribution in [0, 0.1) is 0 Å². The van der Waals surface area contributed by atoms with Crippen LogP contribution >= 0.6 is 11.8 Å². The molecular formula is C12H19N3S. The minimum Gasteiger partial charge on any atom is -0.308 e. The number of thioether (sulfide) groups is 1. The quantitative estimate of drug-likeness (QED) is 0.485. The van der Waals surface area contributed by atoms with Gasteiger partial charge < -0.3 is 5.32 Å². The van der Waals surface area contributed by atoms with Crippen LogP contribution in [-0.4, -0.2) is 27.8 Å². The first-order valence-corrected chi connectivity index (χ1v) is 6.27. The van der Waals surface area contributed by atoms with E-state index in [-0.39, 0.29) is 5.54 Å². The molecule has 3 nitrogen and oxygen atoms in total. The molecule has 0 spiro atoms. The molecular weight excluding hydrogens is 218 g/mol. The van der Waals surface area contributed by atoms with Crippen molar-refractivity contribution in [3.63, 3.8) is 0 Å². The van der Waals surface area contributed by atoms with E-state index < -0.39 is 0 Å². The maximum atomic E-state index is 4.15. The zero-order valence-corrected chi connectivity index (χ0v) is 11.0. The van der Waals surface area contributed by atoms with E-state index in [1.165, 1.54) is 0 Å². The lowest BCUT2D eigenvalue weighted by molar-refractivity contribution is 0.445. The number of aromatic nitrogens is 2. The minimum atomic E-state index is 0.136. The van der Waals surface area contributed by atoms with Crippen LogP contribution in [0.1, 0.15) is 20.8 Å². The largest absolute Gasteiger partial charge is 0.308 e. The third-order valence-electron chi connectivity index (χ3n) is 1.82. The molecule has 1 N–H and O–H groups in total. The lowest BCUT2D eigenvalue weighted by Gasteiger charge is -2.21. The Hall–Kier alpha value is -0.870. The Morgan fingerprint density at radius 1 is 1.38 bits per heavy atom. The number of nitrogens with one attached hydrogen (secondary N) is 1. The van der Waals surface area contributed by atoms with Gasteiger partial charge in [-0.1, -0.05) is 23.9 Å². The first-order chi connectivity index (χ1) is 7.47. The molecule has 16 heavy (non-hydrogen) atoms. The SMILES string of the molecule is C=C(CNC(C)(C)C)CSc1ncccn1. The van der Waals surface area contributed by atoms with Gasteiger partial charge in [0.25, 0.3) is 0 Å². The minimum absolute atomic E-state index is 0.136. The van der Waals surface area contributed by atoms with Gasteiger partial charge in [0.2, 0.25) is 0 Å². The van der Waals surface area contributed by atoms with Crippen LogP contribution in [0.5, 0.6) is 0 Å². The van der Waals surface area contributed by atoms with Crippen molar-refractivity contribution in [1.82, 2.24) is 15.3 Å². The fraction of sp³-hybridized carbons (Fsp3) is 0.500. The maximum Gasteiger partial charge on any atom is 0.187 e. The van der Waals surface area contributed by atoms with Gasteiger partial charge in [-0.2, -0.15) is 0 Å². The fourth-order valence-corrected chi connectivity index (χ4v) is 1.67. The van der Waals surface area contributed by atoms with E-state index in [2.05, 4.69) is 42.6 Å². The van der Waals surface area contributed by atoms with Crippen LogP contribution in [0.3, 0.4) is 0 Å². The molecule has 0 aliphatic rings. The van der Waals surface area contributed by atoms with Gasteiger partial charge in [0.1, 0.15) is 0 Å². The number of nitrogens with zero attached hydrogens (tertiary/aromatic N) is 2. The molecule has 0 amide bonds. The third kappa shape index (κ3) is 5.88. The molecule has 1 aromatic heterocycles. The van der Waals surface area contributed by atoms with Crippen LogP contribution in [0.15, 0.2) is 35.8 Å². The lowest BCUT2D eigenvalue weighted by atomic mass is 10.1. The molecule has 88 valence electrons. The zero-order chi connectivity index (χ0) is 12.0. The second-order valence-electron chi connectivity index (χ2n) is 4.67. The van der Waals surface area contributed by atoms with Crippen LogP contribution in [0.2, 0.25) is 0 Å². The summed E-state index contributed by atoms with van der Waals surface area (Å²) in [7, 11) is 0. The Morgan fingerprint density at radius 2 is 2.00 bits per heavy atom. The summed E-state index contributed by atoms with van der Waals surface area (Å²) in [6.45, 7) is 11.3. The Labute approximate surface area is 102 Å². The first-order valence-electron chi connectivity index (χ1n) is 5.29. The second-order valence-corrected chi connectivity index (χ2v) is 5.62. The molecule has 0 fully saturated rings. The summed E-state index contributed by atoms with van der Waals surface area (Å²) in [6, 6.07) is 1.82. The number of hydrogen-bond donors (Lipinski definition) is 1. The molecule has 1 heterocycles. The monoisotopic (exact) mass is 237 g/mol. The zero-order valence-electron chi connectivity index (χ0n) is 10.2. The molecule has 0 radical (unpaired) electrons. The highest BCUT2D eigenvalue weighted by atomic mass is 32.2. The molecule has 0 bridgehead atoms. The second kappa shape index (κ2) is 6.01. The van der Waals surface area contributed by atoms with Gasteiger partial charge in [-0.25, -0.2) is 9.97 Å². The topological polar surface area (TPSA) is 37.8 Å². The van der Waals surface area contributed by atoms with Crippen molar-refractivity contribution in [3.8, 4) is 0 Å². The van der Waals surface area contributed by atoms with E-state index in [9.17, 15) is 0 Å². The van der Waals surface area contributed by atoms with E-state index in [0.717, 1.165) is 23.0 Å². The Kier molecular flexibility index (Phi) is 4.96. The standard InChI is InChI=1S/C12H19N3S/c1-10(8-15-12(2,3)4)9-16-11-13-6-5-7-14-11/h5-7,15H,1,8-9H2,2-4H3. The van der Waals surface area contributed by atoms with E-state index >= 15 is 0 Å². The molecule has 0 aliphatic heterocycles. The van der Waals surface area contributed by atoms with Crippen molar-refractivity contribution < 1.29 is 0 Å². The molecule has 0 aliphatic carbocycles. The van der Waals surface area contributed by atoms with Crippen LogP contribution in [-0.2, 0) is 0 Å². The van der Waals surface area contributed by atoms with Gasteiger partial charge in [-0.15, -0.1) is 0 Å². The van der Waals surface area contributed by atoms with Crippen molar-refractivity contribution in [2.24, 2.45) is 0 Å². The van der Waals surface area contributed by atoms with E-state index in [4.69, 9.17) is 0 Å². The Balaban J connectivity index is 2.26. The molecule has 0 aromatic carbocycles. The van der Waals surface area contributed by atoms with E-state index in [1.807, 2.05) is 6.07 Å². The molecule has 4 heteroatoms.